The van der Waals surface area contributed by atoms with Crippen molar-refractivity contribution in [3.05, 3.63) is 47.2 Å². The molecular weight excluding hydrogens is 412 g/mol. The van der Waals surface area contributed by atoms with Crippen LogP contribution < -0.4 is 0 Å². The molecule has 2 saturated heterocycles. The van der Waals surface area contributed by atoms with Gasteiger partial charge < -0.3 is 4.90 Å². The Balaban J connectivity index is 1.72. The number of amides is 1. The van der Waals surface area contributed by atoms with E-state index in [0.29, 0.717) is 29.0 Å². The molecule has 0 bridgehead atoms. The number of aromatic nitrogens is 3. The van der Waals surface area contributed by atoms with E-state index in [9.17, 15) is 13.2 Å². The number of pyridine rings is 1. The number of benzene rings is 1. The first-order chi connectivity index (χ1) is 14.8. The third-order valence-electron chi connectivity index (χ3n) is 6.36. The maximum Gasteiger partial charge on any atom is 0.254 e. The minimum Gasteiger partial charge on any atom is -0.339 e. The molecule has 162 valence electrons. The molecule has 5 rings (SSSR count). The van der Waals surface area contributed by atoms with Crippen LogP contribution in [0.4, 0.5) is 0 Å². The third-order valence-corrected chi connectivity index (χ3v) is 8.11. The summed E-state index contributed by atoms with van der Waals surface area (Å²) in [6.45, 7) is 5.42. The standard InChI is InChI=1S/C23H26N4O3S/c1-15-5-7-17(8-6-15)20-13-19(23(28)26-10-3-4-11-26)21-16(2)25-27(22(21)24-20)18-9-12-31(29,30)14-18/h5-8,13,18H,3-4,9-12,14H2,1-2H3/t18-/m1/s1. The molecule has 7 nitrogen and oxygen atoms in total. The molecule has 1 atom stereocenters. The van der Waals surface area contributed by atoms with Crippen LogP contribution in [0.5, 0.6) is 0 Å². The summed E-state index contributed by atoms with van der Waals surface area (Å²) < 4.78 is 26.0. The van der Waals surface area contributed by atoms with E-state index in [1.54, 1.807) is 4.68 Å². The van der Waals surface area contributed by atoms with Gasteiger partial charge in [0, 0.05) is 18.7 Å². The average Bonchev–Trinajstić information content (AvgIpc) is 3.47. The first kappa shape index (κ1) is 20.2. The summed E-state index contributed by atoms with van der Waals surface area (Å²) in [7, 11) is -3.07. The Morgan fingerprint density at radius 3 is 2.45 bits per heavy atom. The summed E-state index contributed by atoms with van der Waals surface area (Å²) in [5, 5.41) is 5.41. The van der Waals surface area contributed by atoms with Gasteiger partial charge >= 0.3 is 0 Å². The molecule has 0 spiro atoms. The largest absolute Gasteiger partial charge is 0.339 e. The van der Waals surface area contributed by atoms with Gasteiger partial charge in [0.25, 0.3) is 5.91 Å². The lowest BCUT2D eigenvalue weighted by molar-refractivity contribution is 0.0794. The van der Waals surface area contributed by atoms with Crippen LogP contribution in [-0.4, -0.2) is 58.6 Å². The number of hydrogen-bond donors (Lipinski definition) is 0. The second kappa shape index (κ2) is 7.44. The van der Waals surface area contributed by atoms with Gasteiger partial charge in [0.1, 0.15) is 0 Å². The average molecular weight is 439 g/mol. The first-order valence-corrected chi connectivity index (χ1v) is 12.6. The summed E-state index contributed by atoms with van der Waals surface area (Å²) in [4.78, 5) is 20.2. The van der Waals surface area contributed by atoms with Gasteiger partial charge in [-0.3, -0.25) is 4.79 Å². The smallest absolute Gasteiger partial charge is 0.254 e. The van der Waals surface area contributed by atoms with Crippen molar-refractivity contribution in [1.82, 2.24) is 19.7 Å². The molecule has 4 heterocycles. The zero-order chi connectivity index (χ0) is 21.8. The fourth-order valence-electron chi connectivity index (χ4n) is 4.67. The number of hydrogen-bond acceptors (Lipinski definition) is 5. The van der Waals surface area contributed by atoms with Crippen LogP contribution in [0.3, 0.4) is 0 Å². The number of nitrogens with zero attached hydrogens (tertiary/aromatic N) is 4. The van der Waals surface area contributed by atoms with Gasteiger partial charge in [0.2, 0.25) is 0 Å². The zero-order valence-corrected chi connectivity index (χ0v) is 18.7. The molecule has 2 fully saturated rings. The van der Waals surface area contributed by atoms with Gasteiger partial charge in [-0.15, -0.1) is 0 Å². The predicted molar refractivity (Wildman–Crippen MR) is 120 cm³/mol. The molecule has 2 aliphatic rings. The highest BCUT2D eigenvalue weighted by Gasteiger charge is 2.33. The molecule has 31 heavy (non-hydrogen) atoms. The van der Waals surface area contributed by atoms with Gasteiger partial charge in [-0.05, 0) is 39.2 Å². The van der Waals surface area contributed by atoms with Crippen molar-refractivity contribution in [3.8, 4) is 11.3 Å². The summed E-state index contributed by atoms with van der Waals surface area (Å²) >= 11 is 0. The maximum absolute atomic E-state index is 13.4. The van der Waals surface area contributed by atoms with Crippen molar-refractivity contribution < 1.29 is 13.2 Å². The Hall–Kier alpha value is -2.74. The summed E-state index contributed by atoms with van der Waals surface area (Å²) in [6.07, 6.45) is 2.55. The molecule has 2 aromatic heterocycles. The lowest BCUT2D eigenvalue weighted by Crippen LogP contribution is -2.28. The Labute approximate surface area is 182 Å². The van der Waals surface area contributed by atoms with Crippen molar-refractivity contribution in [2.75, 3.05) is 24.6 Å². The van der Waals surface area contributed by atoms with Gasteiger partial charge in [-0.1, -0.05) is 29.8 Å². The van der Waals surface area contributed by atoms with Crippen LogP contribution in [0.1, 0.15) is 46.9 Å². The molecule has 0 radical (unpaired) electrons. The molecule has 0 N–H and O–H groups in total. The van der Waals surface area contributed by atoms with Crippen LogP contribution >= 0.6 is 0 Å². The van der Waals surface area contributed by atoms with Crippen LogP contribution in [0, 0.1) is 13.8 Å². The second-order valence-corrected chi connectivity index (χ2v) is 10.9. The Morgan fingerprint density at radius 2 is 1.81 bits per heavy atom. The fourth-order valence-corrected chi connectivity index (χ4v) is 6.36. The van der Waals surface area contributed by atoms with E-state index in [0.717, 1.165) is 42.4 Å². The van der Waals surface area contributed by atoms with Crippen molar-refractivity contribution in [2.24, 2.45) is 0 Å². The highest BCUT2D eigenvalue weighted by atomic mass is 32.2. The summed E-state index contributed by atoms with van der Waals surface area (Å²) in [5.41, 5.74) is 4.69. The summed E-state index contributed by atoms with van der Waals surface area (Å²) in [6, 6.07) is 9.67. The van der Waals surface area contributed by atoms with Gasteiger partial charge in [-0.2, -0.15) is 5.10 Å². The van der Waals surface area contributed by atoms with Crippen molar-refractivity contribution >= 4 is 26.8 Å². The number of likely N-dealkylation sites (tertiary alicyclic amines) is 1. The first-order valence-electron chi connectivity index (χ1n) is 10.8. The molecule has 0 aliphatic carbocycles. The lowest BCUT2D eigenvalue weighted by atomic mass is 10.0. The molecule has 2 aliphatic heterocycles. The van der Waals surface area contributed by atoms with E-state index >= 15 is 0 Å². The van der Waals surface area contributed by atoms with Crippen molar-refractivity contribution in [3.63, 3.8) is 0 Å². The number of rotatable bonds is 3. The van der Waals surface area contributed by atoms with Gasteiger partial charge in [0.05, 0.1) is 39.9 Å². The number of fused-ring (bicyclic) bond motifs is 1. The van der Waals surface area contributed by atoms with E-state index in [4.69, 9.17) is 4.98 Å². The molecular formula is C23H26N4O3S. The van der Waals surface area contributed by atoms with E-state index in [1.807, 2.05) is 49.1 Å². The molecule has 0 unspecified atom stereocenters. The molecule has 8 heteroatoms. The highest BCUT2D eigenvalue weighted by Crippen LogP contribution is 2.33. The Kier molecular flexibility index (Phi) is 4.84. The van der Waals surface area contributed by atoms with Crippen LogP contribution in [0.25, 0.3) is 22.3 Å². The van der Waals surface area contributed by atoms with Crippen molar-refractivity contribution in [1.29, 1.82) is 0 Å². The monoisotopic (exact) mass is 438 g/mol. The normalized spacial score (nSPS) is 20.6. The third kappa shape index (κ3) is 3.63. The zero-order valence-electron chi connectivity index (χ0n) is 17.8. The second-order valence-electron chi connectivity index (χ2n) is 8.71. The van der Waals surface area contributed by atoms with Gasteiger partial charge in [0.15, 0.2) is 15.5 Å². The molecule has 1 aromatic carbocycles. The number of carbonyl (C=O) groups excluding carboxylic acids is 1. The molecule has 1 amide bonds. The fraction of sp³-hybridized carbons (Fsp3) is 0.435. The maximum atomic E-state index is 13.4. The van der Waals surface area contributed by atoms with E-state index in [1.165, 1.54) is 0 Å². The minimum absolute atomic E-state index is 0.0000415. The van der Waals surface area contributed by atoms with E-state index < -0.39 is 9.84 Å². The van der Waals surface area contributed by atoms with Crippen molar-refractivity contribution in [2.45, 2.75) is 39.2 Å². The quantitative estimate of drug-likeness (QED) is 0.626. The SMILES string of the molecule is Cc1ccc(-c2cc(C(=O)N3CCCC3)c3c(C)nn([C@@H]4CCS(=O)(=O)C4)c3n2)cc1. The summed E-state index contributed by atoms with van der Waals surface area (Å²) in [5.74, 6) is 0.226. The topological polar surface area (TPSA) is 85.2 Å². The van der Waals surface area contributed by atoms with E-state index in [-0.39, 0.29) is 23.5 Å². The van der Waals surface area contributed by atoms with Crippen LogP contribution in [-0.2, 0) is 9.84 Å². The predicted octanol–water partition coefficient (Wildman–Crippen LogP) is 3.31. The number of sulfone groups is 1. The molecule has 0 saturated carbocycles. The highest BCUT2D eigenvalue weighted by molar-refractivity contribution is 7.91. The van der Waals surface area contributed by atoms with Crippen LogP contribution in [0.2, 0.25) is 0 Å². The minimum atomic E-state index is -3.07. The number of carbonyl (C=O) groups is 1. The number of aryl methyl sites for hydroxylation is 2. The lowest BCUT2D eigenvalue weighted by Gasteiger charge is -2.17. The Morgan fingerprint density at radius 1 is 1.10 bits per heavy atom. The van der Waals surface area contributed by atoms with E-state index in [2.05, 4.69) is 5.10 Å². The van der Waals surface area contributed by atoms with Crippen LogP contribution in [0.15, 0.2) is 30.3 Å². The molecule has 3 aromatic rings. The Bertz CT molecular complexity index is 1270. The van der Waals surface area contributed by atoms with Gasteiger partial charge in [-0.25, -0.2) is 18.1 Å².